The molecule has 0 aromatic rings. The van der Waals surface area contributed by atoms with Crippen LogP contribution in [0.25, 0.3) is 0 Å². The normalized spacial score (nSPS) is 48.1. The summed E-state index contributed by atoms with van der Waals surface area (Å²) in [6.07, 6.45) is 10.5. The summed E-state index contributed by atoms with van der Waals surface area (Å²) in [4.78, 5) is 11.6. The number of carbonyl (C=O) groups is 1. The summed E-state index contributed by atoms with van der Waals surface area (Å²) in [7, 11) is 0. The smallest absolute Gasteiger partial charge is 0.178 e. The predicted octanol–water partition coefficient (Wildman–Crippen LogP) is 1.96. The molecular weight excluding hydrogens is 284 g/mol. The maximum atomic E-state index is 11.6. The molecule has 2 saturated carbocycles. The van der Waals surface area contributed by atoms with Crippen LogP contribution in [-0.4, -0.2) is 32.4 Å². The van der Waals surface area contributed by atoms with Gasteiger partial charge >= 0.3 is 0 Å². The molecule has 0 amide bonds. The van der Waals surface area contributed by atoms with E-state index in [0.717, 1.165) is 36.8 Å². The Labute approximate surface area is 129 Å². The molecule has 0 aromatic heterocycles. The van der Waals surface area contributed by atoms with Crippen LogP contribution in [0.2, 0.25) is 0 Å². The third-order valence-electron chi connectivity index (χ3n) is 5.96. The van der Waals surface area contributed by atoms with E-state index in [0.29, 0.717) is 12.3 Å². The minimum Gasteiger partial charge on any atom is -0.392 e. The Kier molecular flexibility index (Phi) is 2.85. The van der Waals surface area contributed by atoms with Crippen molar-refractivity contribution in [2.45, 2.75) is 48.6 Å². The summed E-state index contributed by atoms with van der Waals surface area (Å²) in [6.45, 7) is 0. The number of hydrogen-bond acceptors (Lipinski definition) is 4. The molecule has 0 spiro atoms. The van der Waals surface area contributed by atoms with Crippen LogP contribution in [0, 0.1) is 11.8 Å². The van der Waals surface area contributed by atoms with E-state index in [9.17, 15) is 15.0 Å². The summed E-state index contributed by atoms with van der Waals surface area (Å²) in [5.74, 6) is 0.533. The highest BCUT2D eigenvalue weighted by Crippen LogP contribution is 2.58. The van der Waals surface area contributed by atoms with Gasteiger partial charge in [-0.3, -0.25) is 4.79 Å². The number of aliphatic hydroxyl groups is 2. The van der Waals surface area contributed by atoms with Crippen molar-refractivity contribution in [1.29, 1.82) is 0 Å². The summed E-state index contributed by atoms with van der Waals surface area (Å²) in [5.41, 5.74) is 0.759. The van der Waals surface area contributed by atoms with Gasteiger partial charge in [0.15, 0.2) is 5.78 Å². The van der Waals surface area contributed by atoms with Gasteiger partial charge < -0.3 is 10.2 Å². The van der Waals surface area contributed by atoms with Crippen molar-refractivity contribution in [3.63, 3.8) is 0 Å². The summed E-state index contributed by atoms with van der Waals surface area (Å²) in [5, 5.41) is 21.4. The van der Waals surface area contributed by atoms with E-state index in [2.05, 4.69) is 6.08 Å². The second-order valence-electron chi connectivity index (χ2n) is 6.87. The molecule has 0 saturated heterocycles. The lowest BCUT2D eigenvalue weighted by Crippen LogP contribution is -2.50. The molecule has 4 aliphatic carbocycles. The topological polar surface area (TPSA) is 57.5 Å². The summed E-state index contributed by atoms with van der Waals surface area (Å²) < 4.78 is -0.347. The van der Waals surface area contributed by atoms with Crippen molar-refractivity contribution < 1.29 is 15.0 Å². The van der Waals surface area contributed by atoms with Gasteiger partial charge in [-0.15, -0.1) is 0 Å². The number of aliphatic hydroxyl groups excluding tert-OH is 1. The Hall–Kier alpha value is -0.840. The highest BCUT2D eigenvalue weighted by Gasteiger charge is 2.56. The number of carbonyl (C=O) groups excluding carboxylic acids is 1. The van der Waals surface area contributed by atoms with Crippen LogP contribution in [0.5, 0.6) is 0 Å². The molecule has 2 N–H and O–H groups in total. The van der Waals surface area contributed by atoms with Crippen molar-refractivity contribution >= 4 is 18.4 Å². The van der Waals surface area contributed by atoms with E-state index in [4.69, 9.17) is 12.6 Å². The van der Waals surface area contributed by atoms with Gasteiger partial charge in [0.1, 0.15) is 5.60 Å². The Morgan fingerprint density at radius 3 is 2.90 bits per heavy atom. The van der Waals surface area contributed by atoms with Gasteiger partial charge in [0, 0.05) is 4.75 Å². The standard InChI is InChI=1S/C17H20O3S/c18-11-5-7-16(20)10(9-11)1-2-12-13(16)6-8-17(21)14(12)3-4-15(17)19/h5-7,9,12,14-15,19-21H,1-4,8H2/t12?,14?,15?,16-,17+/m0/s1. The third kappa shape index (κ3) is 1.73. The van der Waals surface area contributed by atoms with E-state index in [1.165, 1.54) is 6.08 Å². The summed E-state index contributed by atoms with van der Waals surface area (Å²) >= 11 is 4.82. The minimum absolute atomic E-state index is 0.0376. The van der Waals surface area contributed by atoms with Crippen LogP contribution in [0.4, 0.5) is 0 Å². The van der Waals surface area contributed by atoms with Crippen LogP contribution in [0.3, 0.4) is 0 Å². The number of ketones is 1. The summed E-state index contributed by atoms with van der Waals surface area (Å²) in [6, 6.07) is 0. The molecule has 4 aliphatic rings. The molecule has 4 rings (SSSR count). The number of allylic oxidation sites excluding steroid dienone is 3. The molecule has 0 radical (unpaired) electrons. The molecular formula is C17H20O3S. The molecule has 2 fully saturated rings. The Balaban J connectivity index is 1.78. The molecule has 3 nitrogen and oxygen atoms in total. The van der Waals surface area contributed by atoms with Gasteiger partial charge in [-0.1, -0.05) is 6.08 Å². The van der Waals surface area contributed by atoms with Crippen LogP contribution in [0.15, 0.2) is 35.5 Å². The molecule has 0 heterocycles. The minimum atomic E-state index is -1.08. The van der Waals surface area contributed by atoms with Gasteiger partial charge in [0.05, 0.1) is 6.10 Å². The second-order valence-corrected chi connectivity index (χ2v) is 7.70. The molecule has 0 aromatic carbocycles. The largest absolute Gasteiger partial charge is 0.392 e. The number of fused-ring (bicyclic) bond motifs is 5. The van der Waals surface area contributed by atoms with Gasteiger partial charge in [-0.25, -0.2) is 0 Å². The van der Waals surface area contributed by atoms with Crippen molar-refractivity contribution in [3.8, 4) is 0 Å². The van der Waals surface area contributed by atoms with Crippen LogP contribution in [-0.2, 0) is 4.79 Å². The zero-order chi connectivity index (χ0) is 14.8. The number of thiol groups is 1. The van der Waals surface area contributed by atoms with E-state index in [1.807, 2.05) is 0 Å². The Bertz CT molecular complexity index is 605. The maximum Gasteiger partial charge on any atom is 0.178 e. The van der Waals surface area contributed by atoms with Crippen molar-refractivity contribution in [2.75, 3.05) is 0 Å². The van der Waals surface area contributed by atoms with E-state index in [-0.39, 0.29) is 22.6 Å². The monoisotopic (exact) mass is 304 g/mol. The first kappa shape index (κ1) is 13.8. The molecule has 112 valence electrons. The molecule has 0 aliphatic heterocycles. The Morgan fingerprint density at radius 1 is 1.29 bits per heavy atom. The van der Waals surface area contributed by atoms with Crippen molar-refractivity contribution in [2.24, 2.45) is 11.8 Å². The van der Waals surface area contributed by atoms with Gasteiger partial charge in [0.25, 0.3) is 0 Å². The highest BCUT2D eigenvalue weighted by atomic mass is 32.1. The van der Waals surface area contributed by atoms with Gasteiger partial charge in [0.2, 0.25) is 0 Å². The van der Waals surface area contributed by atoms with Crippen molar-refractivity contribution in [3.05, 3.63) is 35.5 Å². The molecule has 21 heavy (non-hydrogen) atoms. The predicted molar refractivity (Wildman–Crippen MR) is 83.1 cm³/mol. The first-order valence-electron chi connectivity index (χ1n) is 7.73. The second kappa shape index (κ2) is 4.34. The number of hydrogen-bond donors (Lipinski definition) is 3. The van der Waals surface area contributed by atoms with E-state index in [1.54, 1.807) is 12.2 Å². The first-order valence-corrected chi connectivity index (χ1v) is 8.17. The number of rotatable bonds is 0. The first-order chi connectivity index (χ1) is 9.95. The average molecular weight is 304 g/mol. The molecule has 4 heteroatoms. The highest BCUT2D eigenvalue weighted by molar-refractivity contribution is 7.82. The molecule has 0 bridgehead atoms. The fourth-order valence-corrected chi connectivity index (χ4v) is 5.38. The fraction of sp³-hybridized carbons (Fsp3) is 0.588. The zero-order valence-corrected chi connectivity index (χ0v) is 12.7. The lowest BCUT2D eigenvalue weighted by atomic mass is 9.60. The van der Waals surface area contributed by atoms with Gasteiger partial charge in [-0.05, 0) is 73.3 Å². The fourth-order valence-electron chi connectivity index (χ4n) is 4.85. The zero-order valence-electron chi connectivity index (χ0n) is 11.8. The van der Waals surface area contributed by atoms with Crippen LogP contribution < -0.4 is 0 Å². The van der Waals surface area contributed by atoms with Crippen molar-refractivity contribution in [1.82, 2.24) is 0 Å². The van der Waals surface area contributed by atoms with E-state index >= 15 is 0 Å². The van der Waals surface area contributed by atoms with E-state index < -0.39 is 5.60 Å². The quantitative estimate of drug-likeness (QED) is 0.474. The maximum absolute atomic E-state index is 11.6. The molecule has 5 atom stereocenters. The third-order valence-corrected chi connectivity index (χ3v) is 6.78. The lowest BCUT2D eigenvalue weighted by molar-refractivity contribution is -0.110. The van der Waals surface area contributed by atoms with Crippen LogP contribution in [0.1, 0.15) is 32.1 Å². The van der Waals surface area contributed by atoms with Crippen LogP contribution >= 0.6 is 12.6 Å². The Morgan fingerprint density at radius 2 is 2.10 bits per heavy atom. The van der Waals surface area contributed by atoms with Gasteiger partial charge in [-0.2, -0.15) is 12.6 Å². The molecule has 3 unspecified atom stereocenters. The SMILES string of the molecule is O=C1C=C[C@]2(O)C(=C1)CCC1C2=CC[C@]2(S)C(O)CCC12. The lowest BCUT2D eigenvalue weighted by Gasteiger charge is -2.50. The average Bonchev–Trinajstić information content (AvgIpc) is 2.76.